The summed E-state index contributed by atoms with van der Waals surface area (Å²) in [6.07, 6.45) is 3.52. The van der Waals surface area contributed by atoms with Gasteiger partial charge in [0.1, 0.15) is 0 Å². The van der Waals surface area contributed by atoms with E-state index in [-0.39, 0.29) is 12.1 Å². The van der Waals surface area contributed by atoms with Gasteiger partial charge in [-0.3, -0.25) is 0 Å². The van der Waals surface area contributed by atoms with Gasteiger partial charge in [0.15, 0.2) is 0 Å². The van der Waals surface area contributed by atoms with Crippen molar-refractivity contribution in [2.45, 2.75) is 59.9 Å². The van der Waals surface area contributed by atoms with Crippen LogP contribution >= 0.6 is 0 Å². The Bertz CT molecular complexity index is 253. The highest BCUT2D eigenvalue weighted by atomic mass is 16.2. The van der Waals surface area contributed by atoms with Gasteiger partial charge in [0, 0.05) is 19.1 Å². The molecule has 0 spiro atoms. The Balaban J connectivity index is 2.52. The highest BCUT2D eigenvalue weighted by molar-refractivity contribution is 5.74. The Morgan fingerprint density at radius 1 is 1.24 bits per heavy atom. The fourth-order valence-corrected chi connectivity index (χ4v) is 2.83. The maximum absolute atomic E-state index is 11.9. The van der Waals surface area contributed by atoms with Crippen LogP contribution in [0.3, 0.4) is 0 Å². The number of piperidine rings is 1. The third-order valence-electron chi connectivity index (χ3n) is 4.39. The van der Waals surface area contributed by atoms with Gasteiger partial charge in [-0.1, -0.05) is 27.2 Å². The molecule has 1 N–H and O–H groups in total. The molecule has 1 heterocycles. The van der Waals surface area contributed by atoms with Crippen LogP contribution in [0.15, 0.2) is 0 Å². The molecule has 1 aliphatic rings. The molecule has 0 saturated carbocycles. The average Bonchev–Trinajstić information content (AvgIpc) is 2.28. The summed E-state index contributed by atoms with van der Waals surface area (Å²) in [5.41, 5.74) is 0.453. The van der Waals surface area contributed by atoms with Gasteiger partial charge in [0.25, 0.3) is 0 Å². The Morgan fingerprint density at radius 3 is 2.12 bits per heavy atom. The zero-order valence-corrected chi connectivity index (χ0v) is 12.0. The van der Waals surface area contributed by atoms with E-state index in [1.165, 1.54) is 6.42 Å². The molecule has 0 aromatic rings. The van der Waals surface area contributed by atoms with Gasteiger partial charge in [-0.05, 0) is 38.0 Å². The Kier molecular flexibility index (Phi) is 4.84. The zero-order chi connectivity index (χ0) is 13.1. The molecule has 1 saturated heterocycles. The van der Waals surface area contributed by atoms with E-state index in [1.807, 2.05) is 18.7 Å². The number of amides is 2. The molecule has 2 amide bonds. The zero-order valence-electron chi connectivity index (χ0n) is 12.0. The van der Waals surface area contributed by atoms with Gasteiger partial charge in [0.2, 0.25) is 0 Å². The number of carbonyl (C=O) groups excluding carboxylic acids is 1. The van der Waals surface area contributed by atoms with E-state index in [9.17, 15) is 4.79 Å². The van der Waals surface area contributed by atoms with Crippen molar-refractivity contribution < 1.29 is 4.79 Å². The molecule has 1 aliphatic heterocycles. The molecule has 100 valence electrons. The van der Waals surface area contributed by atoms with Gasteiger partial charge in [-0.15, -0.1) is 0 Å². The molecular weight excluding hydrogens is 212 g/mol. The molecule has 0 unspecified atom stereocenters. The first-order valence-corrected chi connectivity index (χ1v) is 6.96. The summed E-state index contributed by atoms with van der Waals surface area (Å²) >= 11 is 0. The summed E-state index contributed by atoms with van der Waals surface area (Å²) in [6.45, 7) is 12.7. The standard InChI is InChI=1S/C14H28N2O/c1-6-14(11(2)3)7-9-16(10-8-14)13(17)15-12(4)5/h11-12H,6-10H2,1-5H3,(H,15,17). The van der Waals surface area contributed by atoms with Gasteiger partial charge in [-0.25, -0.2) is 4.79 Å². The number of nitrogens with zero attached hydrogens (tertiary/aromatic N) is 1. The van der Waals surface area contributed by atoms with Crippen LogP contribution in [0.1, 0.15) is 53.9 Å². The van der Waals surface area contributed by atoms with Gasteiger partial charge < -0.3 is 10.2 Å². The summed E-state index contributed by atoms with van der Waals surface area (Å²) in [5, 5.41) is 2.97. The maximum atomic E-state index is 11.9. The van der Waals surface area contributed by atoms with Crippen molar-refractivity contribution in [3.05, 3.63) is 0 Å². The molecule has 0 aliphatic carbocycles. The molecule has 0 aromatic heterocycles. The number of hydrogen-bond acceptors (Lipinski definition) is 1. The summed E-state index contributed by atoms with van der Waals surface area (Å²) in [6, 6.07) is 0.332. The SMILES string of the molecule is CCC1(C(C)C)CCN(C(=O)NC(C)C)CC1. The van der Waals surface area contributed by atoms with Crippen molar-refractivity contribution >= 4 is 6.03 Å². The minimum Gasteiger partial charge on any atom is -0.336 e. The van der Waals surface area contributed by atoms with Crippen molar-refractivity contribution in [2.24, 2.45) is 11.3 Å². The van der Waals surface area contributed by atoms with E-state index in [0.29, 0.717) is 11.3 Å². The highest BCUT2D eigenvalue weighted by Gasteiger charge is 2.36. The Morgan fingerprint density at radius 2 is 1.76 bits per heavy atom. The molecular formula is C14H28N2O. The predicted molar refractivity (Wildman–Crippen MR) is 72.0 cm³/mol. The van der Waals surface area contributed by atoms with Crippen LogP contribution in [0.25, 0.3) is 0 Å². The first-order chi connectivity index (χ1) is 7.91. The minimum absolute atomic E-state index is 0.105. The van der Waals surface area contributed by atoms with Gasteiger partial charge >= 0.3 is 6.03 Å². The van der Waals surface area contributed by atoms with Crippen LogP contribution in [0.4, 0.5) is 4.79 Å². The summed E-state index contributed by atoms with van der Waals surface area (Å²) in [4.78, 5) is 13.9. The van der Waals surface area contributed by atoms with Crippen molar-refractivity contribution in [3.8, 4) is 0 Å². The predicted octanol–water partition coefficient (Wildman–Crippen LogP) is 3.25. The molecule has 3 heteroatoms. The monoisotopic (exact) mass is 240 g/mol. The van der Waals surface area contributed by atoms with Gasteiger partial charge in [-0.2, -0.15) is 0 Å². The quantitative estimate of drug-likeness (QED) is 0.807. The van der Waals surface area contributed by atoms with Crippen LogP contribution in [0, 0.1) is 11.3 Å². The molecule has 0 bridgehead atoms. The summed E-state index contributed by atoms with van der Waals surface area (Å²) < 4.78 is 0. The number of likely N-dealkylation sites (tertiary alicyclic amines) is 1. The van der Waals surface area contributed by atoms with Crippen LogP contribution in [0.5, 0.6) is 0 Å². The Labute approximate surface area is 106 Å². The lowest BCUT2D eigenvalue weighted by Crippen LogP contribution is -2.49. The fourth-order valence-electron chi connectivity index (χ4n) is 2.83. The van der Waals surface area contributed by atoms with Crippen LogP contribution < -0.4 is 5.32 Å². The third kappa shape index (κ3) is 3.36. The number of nitrogens with one attached hydrogen (secondary N) is 1. The lowest BCUT2D eigenvalue weighted by atomic mass is 9.68. The molecule has 0 radical (unpaired) electrons. The highest BCUT2D eigenvalue weighted by Crippen LogP contribution is 2.41. The smallest absolute Gasteiger partial charge is 0.317 e. The summed E-state index contributed by atoms with van der Waals surface area (Å²) in [7, 11) is 0. The molecule has 1 fully saturated rings. The average molecular weight is 240 g/mol. The Hall–Kier alpha value is -0.730. The topological polar surface area (TPSA) is 32.3 Å². The van der Waals surface area contributed by atoms with E-state index >= 15 is 0 Å². The lowest BCUT2D eigenvalue weighted by Gasteiger charge is -2.44. The van der Waals surface area contributed by atoms with Crippen LogP contribution in [-0.2, 0) is 0 Å². The van der Waals surface area contributed by atoms with E-state index in [1.54, 1.807) is 0 Å². The van der Waals surface area contributed by atoms with Crippen LogP contribution in [-0.4, -0.2) is 30.1 Å². The fraction of sp³-hybridized carbons (Fsp3) is 0.929. The first kappa shape index (κ1) is 14.3. The van der Waals surface area contributed by atoms with E-state index in [2.05, 4.69) is 26.1 Å². The lowest BCUT2D eigenvalue weighted by molar-refractivity contribution is 0.0709. The van der Waals surface area contributed by atoms with Gasteiger partial charge in [0.05, 0.1) is 0 Å². The molecule has 3 nitrogen and oxygen atoms in total. The number of hydrogen-bond donors (Lipinski definition) is 1. The minimum atomic E-state index is 0.105. The van der Waals surface area contributed by atoms with Crippen molar-refractivity contribution in [1.29, 1.82) is 0 Å². The molecule has 0 aromatic carbocycles. The second-order valence-corrected chi connectivity index (χ2v) is 5.96. The number of rotatable bonds is 3. The molecule has 17 heavy (non-hydrogen) atoms. The number of carbonyl (C=O) groups is 1. The molecule has 1 rings (SSSR count). The first-order valence-electron chi connectivity index (χ1n) is 6.96. The van der Waals surface area contributed by atoms with Crippen molar-refractivity contribution in [1.82, 2.24) is 10.2 Å². The van der Waals surface area contributed by atoms with E-state index in [0.717, 1.165) is 25.9 Å². The molecule has 0 atom stereocenters. The summed E-state index contributed by atoms with van der Waals surface area (Å²) in [5.74, 6) is 0.711. The third-order valence-corrected chi connectivity index (χ3v) is 4.39. The second kappa shape index (κ2) is 5.74. The second-order valence-electron chi connectivity index (χ2n) is 5.96. The van der Waals surface area contributed by atoms with Crippen LogP contribution in [0.2, 0.25) is 0 Å². The van der Waals surface area contributed by atoms with E-state index < -0.39 is 0 Å². The van der Waals surface area contributed by atoms with E-state index in [4.69, 9.17) is 0 Å². The largest absolute Gasteiger partial charge is 0.336 e. The van der Waals surface area contributed by atoms with Crippen molar-refractivity contribution in [2.75, 3.05) is 13.1 Å². The maximum Gasteiger partial charge on any atom is 0.317 e. The number of urea groups is 1. The normalized spacial score (nSPS) is 19.8. The van der Waals surface area contributed by atoms with Crippen molar-refractivity contribution in [3.63, 3.8) is 0 Å².